The summed E-state index contributed by atoms with van der Waals surface area (Å²) in [6, 6.07) is 9.13. The molecule has 0 aliphatic heterocycles. The second-order valence-corrected chi connectivity index (χ2v) is 4.02. The van der Waals surface area contributed by atoms with Crippen LogP contribution in [0.5, 0.6) is 0 Å². The average Bonchev–Trinajstić information content (AvgIpc) is 2.45. The van der Waals surface area contributed by atoms with Crippen LogP contribution in [0.4, 0.5) is 11.4 Å². The lowest BCUT2D eigenvalue weighted by molar-refractivity contribution is 0.0458. The number of nitrogens with one attached hydrogen (secondary N) is 2. The first-order chi connectivity index (χ1) is 9.70. The fourth-order valence-corrected chi connectivity index (χ4v) is 1.60. The molecule has 3 N–H and O–H groups in total. The number of H-pyrrole nitrogens is 1. The summed E-state index contributed by atoms with van der Waals surface area (Å²) in [6.45, 7) is -0.0557. The van der Waals surface area contributed by atoms with E-state index in [2.05, 4.69) is 10.3 Å². The third-order valence-electron chi connectivity index (χ3n) is 2.53. The minimum Gasteiger partial charge on any atom is -0.394 e. The molecule has 0 bridgehead atoms. The summed E-state index contributed by atoms with van der Waals surface area (Å²) in [7, 11) is 0. The van der Waals surface area contributed by atoms with E-state index < -0.39 is 11.2 Å². The van der Waals surface area contributed by atoms with Gasteiger partial charge in [-0.1, -0.05) is 18.2 Å². The van der Waals surface area contributed by atoms with Crippen LogP contribution < -0.4 is 16.6 Å². The molecule has 0 radical (unpaired) electrons. The van der Waals surface area contributed by atoms with E-state index in [9.17, 15) is 9.59 Å². The zero-order chi connectivity index (χ0) is 14.4. The van der Waals surface area contributed by atoms with Gasteiger partial charge in [0.2, 0.25) is 0 Å². The molecule has 0 unspecified atom stereocenters. The largest absolute Gasteiger partial charge is 0.394 e. The molecule has 20 heavy (non-hydrogen) atoms. The number of hydrogen-bond acceptors (Lipinski definition) is 5. The number of aromatic amines is 1. The molecule has 0 fully saturated rings. The third kappa shape index (κ3) is 3.56. The van der Waals surface area contributed by atoms with Crippen LogP contribution in [0.15, 0.2) is 46.1 Å². The summed E-state index contributed by atoms with van der Waals surface area (Å²) in [6.07, 6.45) is 1.38. The number of aliphatic hydroxyl groups excluding tert-OH is 1. The van der Waals surface area contributed by atoms with Crippen LogP contribution >= 0.6 is 0 Å². The molecule has 0 aliphatic rings. The molecule has 7 nitrogen and oxygen atoms in total. The highest BCUT2D eigenvalue weighted by atomic mass is 16.5. The van der Waals surface area contributed by atoms with Gasteiger partial charge in [0.15, 0.2) is 0 Å². The van der Waals surface area contributed by atoms with Gasteiger partial charge in [0.1, 0.15) is 12.4 Å². The quantitative estimate of drug-likeness (QED) is 0.658. The van der Waals surface area contributed by atoms with E-state index >= 15 is 0 Å². The molecule has 0 amide bonds. The Labute approximate surface area is 114 Å². The molecule has 0 saturated heterocycles. The third-order valence-corrected chi connectivity index (χ3v) is 2.53. The number of rotatable bonds is 6. The Balaban J connectivity index is 2.22. The van der Waals surface area contributed by atoms with Crippen molar-refractivity contribution in [2.45, 2.75) is 6.73 Å². The van der Waals surface area contributed by atoms with E-state index in [1.807, 2.05) is 18.2 Å². The van der Waals surface area contributed by atoms with E-state index in [0.717, 1.165) is 5.69 Å². The normalized spacial score (nSPS) is 10.4. The minimum absolute atomic E-state index is 0.0420. The van der Waals surface area contributed by atoms with Gasteiger partial charge >= 0.3 is 5.69 Å². The van der Waals surface area contributed by atoms with E-state index in [0.29, 0.717) is 0 Å². The van der Waals surface area contributed by atoms with Gasteiger partial charge in [-0.15, -0.1) is 0 Å². The van der Waals surface area contributed by atoms with Gasteiger partial charge in [0.25, 0.3) is 5.56 Å². The Kier molecular flexibility index (Phi) is 4.70. The molecule has 1 aromatic carbocycles. The molecule has 2 aromatic rings. The van der Waals surface area contributed by atoms with Gasteiger partial charge in [-0.25, -0.2) is 4.79 Å². The highest BCUT2D eigenvalue weighted by Gasteiger charge is 2.05. The highest BCUT2D eigenvalue weighted by molar-refractivity contribution is 5.57. The van der Waals surface area contributed by atoms with E-state index in [1.165, 1.54) is 10.8 Å². The predicted octanol–water partition coefficient (Wildman–Crippen LogP) is 0.247. The first-order valence-corrected chi connectivity index (χ1v) is 6.05. The summed E-state index contributed by atoms with van der Waals surface area (Å²) in [4.78, 5) is 25.5. The van der Waals surface area contributed by atoms with Crippen LogP contribution in [0.1, 0.15) is 0 Å². The predicted molar refractivity (Wildman–Crippen MR) is 74.1 cm³/mol. The molecule has 1 aromatic heterocycles. The van der Waals surface area contributed by atoms with Crippen molar-refractivity contribution in [3.8, 4) is 0 Å². The molecule has 0 aliphatic carbocycles. The van der Waals surface area contributed by atoms with Crippen LogP contribution in [0.25, 0.3) is 0 Å². The van der Waals surface area contributed by atoms with Gasteiger partial charge in [-0.05, 0) is 12.1 Å². The van der Waals surface area contributed by atoms with Gasteiger partial charge in [0.05, 0.1) is 13.2 Å². The molecule has 2 rings (SSSR count). The second kappa shape index (κ2) is 6.69. The minimum atomic E-state index is -0.563. The van der Waals surface area contributed by atoms with Crippen molar-refractivity contribution in [3.63, 3.8) is 0 Å². The Morgan fingerprint density at radius 2 is 2.00 bits per heavy atom. The van der Waals surface area contributed by atoms with Crippen LogP contribution in [-0.2, 0) is 11.5 Å². The first-order valence-electron chi connectivity index (χ1n) is 6.05. The molecular weight excluding hydrogens is 262 g/mol. The fourth-order valence-electron chi connectivity index (χ4n) is 1.60. The summed E-state index contributed by atoms with van der Waals surface area (Å²) in [5, 5.41) is 11.5. The lowest BCUT2D eigenvalue weighted by atomic mass is 10.3. The highest BCUT2D eigenvalue weighted by Crippen LogP contribution is 2.10. The second-order valence-electron chi connectivity index (χ2n) is 4.02. The standard InChI is InChI=1S/C13H15N3O4/c17-6-7-20-9-16-8-11(12(18)15-13(16)19)14-10-4-2-1-3-5-10/h1-5,8,14,17H,6-7,9H2,(H,15,18,19). The van der Waals surface area contributed by atoms with E-state index in [4.69, 9.17) is 9.84 Å². The van der Waals surface area contributed by atoms with Crippen LogP contribution in [0, 0.1) is 0 Å². The van der Waals surface area contributed by atoms with Gasteiger partial charge < -0.3 is 15.2 Å². The number of ether oxygens (including phenoxy) is 1. The van der Waals surface area contributed by atoms with Crippen LogP contribution in [0.2, 0.25) is 0 Å². The Bertz CT molecular complexity index is 663. The average molecular weight is 277 g/mol. The summed E-state index contributed by atoms with van der Waals surface area (Å²) >= 11 is 0. The maximum absolute atomic E-state index is 11.7. The maximum atomic E-state index is 11.7. The number of hydrogen-bond donors (Lipinski definition) is 3. The van der Waals surface area contributed by atoms with Crippen molar-refractivity contribution in [2.24, 2.45) is 0 Å². The zero-order valence-corrected chi connectivity index (χ0v) is 10.7. The van der Waals surface area contributed by atoms with Crippen molar-refractivity contribution in [2.75, 3.05) is 18.5 Å². The Morgan fingerprint density at radius 1 is 1.25 bits per heavy atom. The Morgan fingerprint density at radius 3 is 2.70 bits per heavy atom. The van der Waals surface area contributed by atoms with E-state index in [1.54, 1.807) is 12.1 Å². The van der Waals surface area contributed by atoms with Crippen molar-refractivity contribution < 1.29 is 9.84 Å². The summed E-state index contributed by atoms with van der Waals surface area (Å²) in [5.41, 5.74) is -0.0910. The molecule has 1 heterocycles. The van der Waals surface area contributed by atoms with Gasteiger partial charge in [0, 0.05) is 11.9 Å². The van der Waals surface area contributed by atoms with Gasteiger partial charge in [-0.2, -0.15) is 0 Å². The number of aliphatic hydroxyl groups is 1. The van der Waals surface area contributed by atoms with Crippen molar-refractivity contribution >= 4 is 11.4 Å². The number of para-hydroxylation sites is 1. The van der Waals surface area contributed by atoms with Gasteiger partial charge in [-0.3, -0.25) is 14.3 Å². The monoisotopic (exact) mass is 277 g/mol. The lowest BCUT2D eigenvalue weighted by Gasteiger charge is -2.09. The van der Waals surface area contributed by atoms with Crippen LogP contribution in [0.3, 0.4) is 0 Å². The molecule has 106 valence electrons. The molecule has 0 atom stereocenters. The molecule has 0 spiro atoms. The molecular formula is C13H15N3O4. The fraction of sp³-hybridized carbons (Fsp3) is 0.231. The zero-order valence-electron chi connectivity index (χ0n) is 10.7. The number of benzene rings is 1. The number of aromatic nitrogens is 2. The van der Waals surface area contributed by atoms with Crippen molar-refractivity contribution in [3.05, 3.63) is 57.4 Å². The van der Waals surface area contributed by atoms with Crippen molar-refractivity contribution in [1.82, 2.24) is 9.55 Å². The summed E-state index contributed by atoms with van der Waals surface area (Å²) < 4.78 is 6.27. The lowest BCUT2D eigenvalue weighted by Crippen LogP contribution is -2.31. The van der Waals surface area contributed by atoms with Crippen molar-refractivity contribution in [1.29, 1.82) is 0 Å². The smallest absolute Gasteiger partial charge is 0.330 e. The van der Waals surface area contributed by atoms with E-state index in [-0.39, 0.29) is 25.6 Å². The number of anilines is 2. The summed E-state index contributed by atoms with van der Waals surface area (Å²) in [5.74, 6) is 0. The first kappa shape index (κ1) is 14.0. The molecule has 0 saturated carbocycles. The topological polar surface area (TPSA) is 96.4 Å². The number of nitrogens with zero attached hydrogens (tertiary/aromatic N) is 1. The van der Waals surface area contributed by atoms with Crippen LogP contribution in [-0.4, -0.2) is 27.9 Å². The maximum Gasteiger partial charge on any atom is 0.330 e. The SMILES string of the molecule is O=c1[nH]c(=O)n(COCCO)cc1Nc1ccccc1. The Hall–Kier alpha value is -2.38. The molecule has 7 heteroatoms.